The molecule has 182 valence electrons. The highest BCUT2D eigenvalue weighted by Gasteiger charge is 2.35. The third-order valence-corrected chi connectivity index (χ3v) is 5.56. The highest BCUT2D eigenvalue weighted by atomic mass is 32.1. The van der Waals surface area contributed by atoms with E-state index in [2.05, 4.69) is 20.6 Å². The van der Waals surface area contributed by atoms with Gasteiger partial charge in [-0.2, -0.15) is 13.2 Å². The van der Waals surface area contributed by atoms with Gasteiger partial charge in [0.05, 0.1) is 12.2 Å². The molecular weight excluding hydrogens is 469 g/mol. The second-order valence-corrected chi connectivity index (χ2v) is 9.43. The lowest BCUT2D eigenvalue weighted by atomic mass is 9.92. The molecular formula is C23H25F3N4O3S. The second-order valence-electron chi connectivity index (χ2n) is 8.54. The maximum Gasteiger partial charge on any atom is 0.419 e. The number of hydrogen-bond donors (Lipinski definition) is 3. The monoisotopic (exact) mass is 494 g/mol. The van der Waals surface area contributed by atoms with Crippen LogP contribution in [0.25, 0.3) is 11.1 Å². The van der Waals surface area contributed by atoms with Gasteiger partial charge in [0, 0.05) is 23.3 Å². The van der Waals surface area contributed by atoms with Crippen LogP contribution in [-0.2, 0) is 6.18 Å². The molecule has 2 heterocycles. The number of thiazole rings is 1. The van der Waals surface area contributed by atoms with E-state index in [4.69, 9.17) is 9.84 Å². The fourth-order valence-corrected chi connectivity index (χ4v) is 4.17. The Kier molecular flexibility index (Phi) is 7.65. The smallest absolute Gasteiger partial charge is 0.419 e. The highest BCUT2D eigenvalue weighted by Crippen LogP contribution is 2.39. The van der Waals surface area contributed by atoms with Crippen molar-refractivity contribution in [1.29, 1.82) is 0 Å². The number of benzene rings is 1. The summed E-state index contributed by atoms with van der Waals surface area (Å²) >= 11 is 1.38. The van der Waals surface area contributed by atoms with Gasteiger partial charge < -0.3 is 20.5 Å². The lowest BCUT2D eigenvalue weighted by Gasteiger charge is -2.28. The van der Waals surface area contributed by atoms with Gasteiger partial charge in [0.2, 0.25) is 0 Å². The van der Waals surface area contributed by atoms with Crippen molar-refractivity contribution in [3.8, 4) is 16.9 Å². The van der Waals surface area contributed by atoms with E-state index in [1.54, 1.807) is 50.5 Å². The zero-order chi connectivity index (χ0) is 24.9. The summed E-state index contributed by atoms with van der Waals surface area (Å²) in [6.07, 6.45) is -2.24. The van der Waals surface area contributed by atoms with Crippen molar-refractivity contribution in [2.75, 3.05) is 11.9 Å². The highest BCUT2D eigenvalue weighted by molar-refractivity contribution is 7.13. The van der Waals surface area contributed by atoms with Crippen molar-refractivity contribution in [2.45, 2.75) is 38.9 Å². The topological polar surface area (TPSA) is 96.4 Å². The lowest BCUT2D eigenvalue weighted by Crippen LogP contribution is -2.44. The van der Waals surface area contributed by atoms with E-state index in [0.717, 1.165) is 6.07 Å². The van der Waals surface area contributed by atoms with E-state index in [1.807, 2.05) is 0 Å². The molecule has 0 saturated heterocycles. The van der Waals surface area contributed by atoms with E-state index < -0.39 is 23.4 Å². The normalized spacial score (nSPS) is 12.8. The van der Waals surface area contributed by atoms with Crippen molar-refractivity contribution in [3.63, 3.8) is 0 Å². The average Bonchev–Trinajstić information content (AvgIpc) is 3.23. The molecule has 0 aliphatic rings. The molecule has 3 rings (SSSR count). The number of carbonyl (C=O) groups is 1. The van der Waals surface area contributed by atoms with Gasteiger partial charge in [-0.1, -0.05) is 13.0 Å². The molecule has 0 spiro atoms. The van der Waals surface area contributed by atoms with Gasteiger partial charge in [0.15, 0.2) is 5.13 Å². The summed E-state index contributed by atoms with van der Waals surface area (Å²) in [4.78, 5) is 19.2. The maximum atomic E-state index is 13.8. The second kappa shape index (κ2) is 10.3. The van der Waals surface area contributed by atoms with Crippen LogP contribution < -0.4 is 15.4 Å². The number of hydrogen-bond acceptors (Lipinski definition) is 6. The molecule has 1 atom stereocenters. The third kappa shape index (κ3) is 7.08. The van der Waals surface area contributed by atoms with E-state index in [9.17, 15) is 18.0 Å². The van der Waals surface area contributed by atoms with Gasteiger partial charge in [0.25, 0.3) is 0 Å². The van der Waals surface area contributed by atoms with Crippen LogP contribution in [0.2, 0.25) is 0 Å². The summed E-state index contributed by atoms with van der Waals surface area (Å²) in [5.74, 6) is -0.00247. The van der Waals surface area contributed by atoms with E-state index in [0.29, 0.717) is 28.5 Å². The molecule has 0 fully saturated rings. The van der Waals surface area contributed by atoms with Crippen molar-refractivity contribution in [2.24, 2.45) is 5.92 Å². The predicted molar refractivity (Wildman–Crippen MR) is 125 cm³/mol. The number of amides is 1. The maximum absolute atomic E-state index is 13.8. The van der Waals surface area contributed by atoms with E-state index in [-0.39, 0.29) is 18.3 Å². The van der Waals surface area contributed by atoms with Crippen LogP contribution >= 0.6 is 11.3 Å². The zero-order valence-corrected chi connectivity index (χ0v) is 19.6. The van der Waals surface area contributed by atoms with E-state index >= 15 is 0 Å². The minimum atomic E-state index is -4.62. The van der Waals surface area contributed by atoms with Crippen LogP contribution in [-0.4, -0.2) is 33.3 Å². The van der Waals surface area contributed by atoms with Crippen LogP contribution in [0.4, 0.5) is 28.9 Å². The summed E-state index contributed by atoms with van der Waals surface area (Å²) in [6.45, 7) is 5.21. The van der Waals surface area contributed by atoms with Crippen molar-refractivity contribution >= 4 is 28.4 Å². The van der Waals surface area contributed by atoms with Gasteiger partial charge in [-0.25, -0.2) is 14.8 Å². The van der Waals surface area contributed by atoms with Crippen LogP contribution in [0.3, 0.4) is 0 Å². The number of pyridine rings is 1. The molecule has 11 heteroatoms. The Morgan fingerprint density at radius 1 is 1.15 bits per heavy atom. The van der Waals surface area contributed by atoms with Gasteiger partial charge in [0.1, 0.15) is 11.6 Å². The standard InChI is InChI=1S/C23H25F3N4O3S/c1-14(12-22(2,3)30-21(31)32)13-33-18-5-4-15(10-17(18)23(24,25)26)16-6-7-27-19(11-16)29-20-28-8-9-34-20/h4-11,14,30H,12-13H2,1-3H3,(H,31,32)(H,27,28,29)/t14-/m0/s1. The Hall–Kier alpha value is -3.34. The Morgan fingerprint density at radius 3 is 2.53 bits per heavy atom. The summed E-state index contributed by atoms with van der Waals surface area (Å²) in [5, 5.41) is 16.8. The first-order valence-corrected chi connectivity index (χ1v) is 11.3. The molecule has 1 aromatic carbocycles. The first kappa shape index (κ1) is 25.3. The molecule has 7 nitrogen and oxygen atoms in total. The Morgan fingerprint density at radius 2 is 1.88 bits per heavy atom. The number of halogens is 3. The van der Waals surface area contributed by atoms with Crippen LogP contribution in [0.15, 0.2) is 48.1 Å². The zero-order valence-electron chi connectivity index (χ0n) is 18.8. The summed E-state index contributed by atoms with van der Waals surface area (Å²) in [7, 11) is 0. The molecule has 0 aliphatic carbocycles. The molecule has 34 heavy (non-hydrogen) atoms. The van der Waals surface area contributed by atoms with Gasteiger partial charge >= 0.3 is 12.3 Å². The van der Waals surface area contributed by atoms with Crippen molar-refractivity contribution in [3.05, 3.63) is 53.7 Å². The van der Waals surface area contributed by atoms with E-state index in [1.165, 1.54) is 23.6 Å². The minimum absolute atomic E-state index is 0.00426. The Balaban J connectivity index is 1.78. The molecule has 3 N–H and O–H groups in total. The molecule has 0 bridgehead atoms. The molecule has 0 radical (unpaired) electrons. The summed E-state index contributed by atoms with van der Waals surface area (Å²) in [6, 6.07) is 7.20. The molecule has 0 saturated carbocycles. The molecule has 1 amide bonds. The molecule has 0 unspecified atom stereocenters. The van der Waals surface area contributed by atoms with Crippen molar-refractivity contribution < 1.29 is 27.8 Å². The lowest BCUT2D eigenvalue weighted by molar-refractivity contribution is -0.139. The number of alkyl halides is 3. The molecule has 0 aliphatic heterocycles. The van der Waals surface area contributed by atoms with Crippen LogP contribution in [0.1, 0.15) is 32.8 Å². The fourth-order valence-electron chi connectivity index (χ4n) is 3.63. The van der Waals surface area contributed by atoms with Crippen LogP contribution in [0, 0.1) is 5.92 Å². The van der Waals surface area contributed by atoms with Gasteiger partial charge in [-0.15, -0.1) is 11.3 Å². The molecule has 3 aromatic rings. The number of rotatable bonds is 9. The number of anilines is 2. The SMILES string of the molecule is C[C@H](COc1ccc(-c2ccnc(Nc3nccs3)c2)cc1C(F)(F)F)CC(C)(C)NC(=O)O. The predicted octanol–water partition coefficient (Wildman–Crippen LogP) is 6.42. The van der Waals surface area contributed by atoms with Crippen LogP contribution in [0.5, 0.6) is 5.75 Å². The van der Waals surface area contributed by atoms with Gasteiger partial charge in [-0.3, -0.25) is 0 Å². The quantitative estimate of drug-likeness (QED) is 0.318. The molecule has 2 aromatic heterocycles. The number of ether oxygens (including phenoxy) is 1. The Labute approximate surface area is 199 Å². The third-order valence-electron chi connectivity index (χ3n) is 4.87. The first-order chi connectivity index (χ1) is 15.9. The number of nitrogens with one attached hydrogen (secondary N) is 2. The number of carboxylic acid groups (broad SMARTS) is 1. The fraction of sp³-hybridized carbons (Fsp3) is 0.348. The summed E-state index contributed by atoms with van der Waals surface area (Å²) < 4.78 is 47.0. The first-order valence-electron chi connectivity index (χ1n) is 10.4. The van der Waals surface area contributed by atoms with Gasteiger partial charge in [-0.05, 0) is 61.6 Å². The van der Waals surface area contributed by atoms with Crippen molar-refractivity contribution in [1.82, 2.24) is 15.3 Å². The Bertz CT molecular complexity index is 1120. The average molecular weight is 495 g/mol. The number of aromatic nitrogens is 2. The largest absolute Gasteiger partial charge is 0.493 e. The number of nitrogens with zero attached hydrogens (tertiary/aromatic N) is 2. The minimum Gasteiger partial charge on any atom is -0.493 e. The summed E-state index contributed by atoms with van der Waals surface area (Å²) in [5.41, 5.74) is -0.701.